The van der Waals surface area contributed by atoms with Gasteiger partial charge >= 0.3 is 7.60 Å². The molecule has 0 spiro atoms. The zero-order chi connectivity index (χ0) is 14.0. The fourth-order valence-electron chi connectivity index (χ4n) is 1.81. The number of rotatable bonds is 5. The average molecular weight is 285 g/mol. The minimum absolute atomic E-state index is 0.341. The SMILES string of the molecule is C[C@@H](Cn1cnc2c(N)cccc21)OCP(=O)(O)O. The molecule has 8 heteroatoms. The Labute approximate surface area is 110 Å². The van der Waals surface area contributed by atoms with Gasteiger partial charge in [0.25, 0.3) is 0 Å². The monoisotopic (exact) mass is 285 g/mol. The molecule has 1 heterocycles. The van der Waals surface area contributed by atoms with Crippen molar-refractivity contribution in [1.29, 1.82) is 0 Å². The number of nitrogen functional groups attached to an aromatic ring is 1. The van der Waals surface area contributed by atoms with Gasteiger partial charge in [-0.25, -0.2) is 4.98 Å². The van der Waals surface area contributed by atoms with Crippen molar-refractivity contribution in [2.75, 3.05) is 12.1 Å². The molecule has 0 radical (unpaired) electrons. The number of para-hydroxylation sites is 1. The van der Waals surface area contributed by atoms with E-state index in [2.05, 4.69) is 4.98 Å². The van der Waals surface area contributed by atoms with E-state index in [4.69, 9.17) is 20.3 Å². The van der Waals surface area contributed by atoms with Crippen LogP contribution in [0, 0.1) is 0 Å². The van der Waals surface area contributed by atoms with Crippen molar-refractivity contribution in [1.82, 2.24) is 9.55 Å². The number of hydrogen-bond donors (Lipinski definition) is 3. The van der Waals surface area contributed by atoms with Gasteiger partial charge in [-0.1, -0.05) is 6.07 Å². The van der Waals surface area contributed by atoms with Crippen molar-refractivity contribution in [2.45, 2.75) is 19.6 Å². The molecule has 0 aliphatic rings. The average Bonchev–Trinajstić information content (AvgIpc) is 2.71. The standard InChI is InChI=1S/C11H16N3O4P/c1-8(18-7-19(15,16)17)5-14-6-13-11-9(12)3-2-4-10(11)14/h2-4,6,8H,5,7,12H2,1H3,(H2,15,16,17)/t8-/m0/s1. The van der Waals surface area contributed by atoms with E-state index in [0.29, 0.717) is 17.7 Å². The van der Waals surface area contributed by atoms with Crippen LogP contribution in [0.4, 0.5) is 5.69 Å². The van der Waals surface area contributed by atoms with Crippen molar-refractivity contribution in [3.63, 3.8) is 0 Å². The number of aromatic nitrogens is 2. The van der Waals surface area contributed by atoms with Crippen molar-refractivity contribution in [3.8, 4) is 0 Å². The van der Waals surface area contributed by atoms with Crippen LogP contribution in [-0.2, 0) is 15.8 Å². The Morgan fingerprint density at radius 3 is 2.95 bits per heavy atom. The van der Waals surface area contributed by atoms with Crippen molar-refractivity contribution in [2.24, 2.45) is 0 Å². The van der Waals surface area contributed by atoms with Crippen molar-refractivity contribution >= 4 is 24.3 Å². The molecule has 2 rings (SSSR count). The zero-order valence-electron chi connectivity index (χ0n) is 10.4. The number of hydrogen-bond acceptors (Lipinski definition) is 4. The molecule has 0 saturated heterocycles. The van der Waals surface area contributed by atoms with Gasteiger partial charge in [0.15, 0.2) is 0 Å². The second kappa shape index (κ2) is 5.30. The smallest absolute Gasteiger partial charge is 0.350 e. The van der Waals surface area contributed by atoms with Crippen LogP contribution in [0.3, 0.4) is 0 Å². The Bertz CT molecular complexity index is 621. The predicted molar refractivity (Wildman–Crippen MR) is 71.6 cm³/mol. The molecule has 1 aromatic carbocycles. The lowest BCUT2D eigenvalue weighted by Gasteiger charge is -2.14. The highest BCUT2D eigenvalue weighted by Gasteiger charge is 2.16. The molecule has 0 bridgehead atoms. The molecule has 0 aliphatic carbocycles. The predicted octanol–water partition coefficient (Wildman–Crippen LogP) is 1.16. The lowest BCUT2D eigenvalue weighted by Crippen LogP contribution is -2.16. The van der Waals surface area contributed by atoms with Gasteiger partial charge in [-0.3, -0.25) is 4.57 Å². The van der Waals surface area contributed by atoms with E-state index in [-0.39, 0.29) is 6.10 Å². The number of fused-ring (bicyclic) bond motifs is 1. The summed E-state index contributed by atoms with van der Waals surface area (Å²) >= 11 is 0. The summed E-state index contributed by atoms with van der Waals surface area (Å²) < 4.78 is 17.7. The Morgan fingerprint density at radius 2 is 2.26 bits per heavy atom. The summed E-state index contributed by atoms with van der Waals surface area (Å²) in [5.41, 5.74) is 7.98. The Kier molecular flexibility index (Phi) is 3.91. The molecule has 7 nitrogen and oxygen atoms in total. The fraction of sp³-hybridized carbons (Fsp3) is 0.364. The number of benzene rings is 1. The first-order valence-electron chi connectivity index (χ1n) is 5.72. The topological polar surface area (TPSA) is 111 Å². The molecule has 0 unspecified atom stereocenters. The highest BCUT2D eigenvalue weighted by molar-refractivity contribution is 7.51. The van der Waals surface area contributed by atoms with Crippen LogP contribution in [0.1, 0.15) is 6.92 Å². The van der Waals surface area contributed by atoms with Crippen LogP contribution in [0.5, 0.6) is 0 Å². The number of ether oxygens (including phenoxy) is 1. The first-order chi connectivity index (χ1) is 8.87. The van der Waals surface area contributed by atoms with Crippen LogP contribution in [-0.4, -0.2) is 31.8 Å². The quantitative estimate of drug-likeness (QED) is 0.561. The fourth-order valence-corrected chi connectivity index (χ4v) is 2.26. The first kappa shape index (κ1) is 14.0. The molecule has 0 amide bonds. The number of anilines is 1. The summed E-state index contributed by atoms with van der Waals surface area (Å²) in [7, 11) is -4.13. The Hall–Kier alpha value is -1.40. The lowest BCUT2D eigenvalue weighted by atomic mass is 10.2. The summed E-state index contributed by atoms with van der Waals surface area (Å²) in [4.78, 5) is 21.7. The third-order valence-electron chi connectivity index (χ3n) is 2.66. The third kappa shape index (κ3) is 3.54. The van der Waals surface area contributed by atoms with E-state index in [0.717, 1.165) is 5.52 Å². The summed E-state index contributed by atoms with van der Waals surface area (Å²) in [6.07, 6.45) is 0.716. The molecule has 19 heavy (non-hydrogen) atoms. The second-order valence-corrected chi connectivity index (χ2v) is 5.97. The highest BCUT2D eigenvalue weighted by atomic mass is 31.2. The molecular formula is C11H16N3O4P. The first-order valence-corrected chi connectivity index (χ1v) is 7.52. The molecule has 0 saturated carbocycles. The Balaban J connectivity index is 2.09. The van der Waals surface area contributed by atoms with Gasteiger partial charge < -0.3 is 24.8 Å². The van der Waals surface area contributed by atoms with E-state index < -0.39 is 13.9 Å². The van der Waals surface area contributed by atoms with Crippen LogP contribution < -0.4 is 5.73 Å². The van der Waals surface area contributed by atoms with E-state index in [1.165, 1.54) is 0 Å². The maximum atomic E-state index is 10.7. The summed E-state index contributed by atoms with van der Waals surface area (Å²) in [6, 6.07) is 5.48. The van der Waals surface area contributed by atoms with E-state index in [1.54, 1.807) is 19.3 Å². The molecule has 4 N–H and O–H groups in total. The number of nitrogens with two attached hydrogens (primary N) is 1. The highest BCUT2D eigenvalue weighted by Crippen LogP contribution is 2.34. The van der Waals surface area contributed by atoms with Crippen molar-refractivity contribution in [3.05, 3.63) is 24.5 Å². The summed E-state index contributed by atoms with van der Waals surface area (Å²) in [5.74, 6) is 0. The van der Waals surface area contributed by atoms with E-state index in [1.807, 2.05) is 16.7 Å². The molecular weight excluding hydrogens is 269 g/mol. The second-order valence-electron chi connectivity index (χ2n) is 4.38. The number of imidazole rings is 1. The van der Waals surface area contributed by atoms with E-state index in [9.17, 15) is 4.57 Å². The minimum atomic E-state index is -4.13. The lowest BCUT2D eigenvalue weighted by molar-refractivity contribution is 0.0765. The zero-order valence-corrected chi connectivity index (χ0v) is 11.3. The van der Waals surface area contributed by atoms with Crippen LogP contribution >= 0.6 is 7.60 Å². The normalized spacial score (nSPS) is 13.8. The summed E-state index contributed by atoms with van der Waals surface area (Å²) in [6.45, 7) is 2.19. The van der Waals surface area contributed by atoms with Gasteiger partial charge in [0.1, 0.15) is 11.9 Å². The molecule has 104 valence electrons. The van der Waals surface area contributed by atoms with E-state index >= 15 is 0 Å². The van der Waals surface area contributed by atoms with Gasteiger partial charge in [-0.2, -0.15) is 0 Å². The Morgan fingerprint density at radius 1 is 1.53 bits per heavy atom. The van der Waals surface area contributed by atoms with Gasteiger partial charge in [-0.15, -0.1) is 0 Å². The van der Waals surface area contributed by atoms with Crippen LogP contribution in [0.2, 0.25) is 0 Å². The van der Waals surface area contributed by atoms with Gasteiger partial charge in [-0.05, 0) is 19.1 Å². The molecule has 0 aliphatic heterocycles. The summed E-state index contributed by atoms with van der Waals surface area (Å²) in [5, 5.41) is 0. The largest absolute Gasteiger partial charge is 0.397 e. The van der Waals surface area contributed by atoms with Crippen molar-refractivity contribution < 1.29 is 19.1 Å². The molecule has 2 aromatic rings. The number of nitrogens with zero attached hydrogens (tertiary/aromatic N) is 2. The molecule has 1 atom stereocenters. The van der Waals surface area contributed by atoms with Crippen LogP contribution in [0.15, 0.2) is 24.5 Å². The third-order valence-corrected chi connectivity index (χ3v) is 3.15. The van der Waals surface area contributed by atoms with Crippen LogP contribution in [0.25, 0.3) is 11.0 Å². The van der Waals surface area contributed by atoms with Gasteiger partial charge in [0.2, 0.25) is 0 Å². The maximum absolute atomic E-state index is 10.7. The van der Waals surface area contributed by atoms with Gasteiger partial charge in [0.05, 0.1) is 30.2 Å². The minimum Gasteiger partial charge on any atom is -0.397 e. The molecule has 1 aromatic heterocycles. The maximum Gasteiger partial charge on any atom is 0.350 e. The van der Waals surface area contributed by atoms with Gasteiger partial charge in [0, 0.05) is 0 Å². The molecule has 0 fully saturated rings.